The summed E-state index contributed by atoms with van der Waals surface area (Å²) in [6.45, 7) is -0.116. The number of rotatable bonds is 8. The Morgan fingerprint density at radius 2 is 1.95 bits per heavy atom. The summed E-state index contributed by atoms with van der Waals surface area (Å²) in [5.41, 5.74) is 0.959. The maximum atomic E-state index is 11.8. The highest BCUT2D eigenvalue weighted by Gasteiger charge is 2.18. The number of carbonyl (C=O) groups is 2. The van der Waals surface area contributed by atoms with Crippen molar-refractivity contribution in [1.82, 2.24) is 5.32 Å². The lowest BCUT2D eigenvalue weighted by Crippen LogP contribution is -2.37. The van der Waals surface area contributed by atoms with Crippen LogP contribution in [0.25, 0.3) is 0 Å². The molecule has 0 fully saturated rings. The van der Waals surface area contributed by atoms with Gasteiger partial charge in [-0.3, -0.25) is 9.59 Å². The first-order chi connectivity index (χ1) is 9.56. The highest BCUT2D eigenvalue weighted by Crippen LogP contribution is 2.13. The van der Waals surface area contributed by atoms with Crippen LogP contribution in [0.5, 0.6) is 5.75 Å². The average Bonchev–Trinajstić information content (AvgIpc) is 2.44. The van der Waals surface area contributed by atoms with E-state index < -0.39 is 18.0 Å². The molecule has 6 heteroatoms. The zero-order chi connectivity index (χ0) is 15.0. The molecule has 0 amide bonds. The summed E-state index contributed by atoms with van der Waals surface area (Å²) in [7, 11) is 3.25. The number of hydrogen-bond donors (Lipinski definition) is 2. The Kier molecular flexibility index (Phi) is 6.52. The molecule has 1 aromatic carbocycles. The molecule has 0 spiro atoms. The van der Waals surface area contributed by atoms with Crippen LogP contribution >= 0.6 is 0 Å². The third-order valence-corrected chi connectivity index (χ3v) is 2.79. The monoisotopic (exact) mass is 281 g/mol. The van der Waals surface area contributed by atoms with Crippen LogP contribution in [0.15, 0.2) is 24.3 Å². The number of nitrogens with one attached hydrogen (secondary N) is 1. The fourth-order valence-corrected chi connectivity index (χ4v) is 1.64. The van der Waals surface area contributed by atoms with E-state index in [2.05, 4.69) is 5.32 Å². The van der Waals surface area contributed by atoms with Crippen molar-refractivity contribution in [3.05, 3.63) is 29.8 Å². The lowest BCUT2D eigenvalue weighted by Gasteiger charge is -2.15. The highest BCUT2D eigenvalue weighted by atomic mass is 16.5. The molecule has 0 radical (unpaired) electrons. The lowest BCUT2D eigenvalue weighted by atomic mass is 10.1. The summed E-state index contributed by atoms with van der Waals surface area (Å²) < 4.78 is 9.98. The molecule has 0 heterocycles. The third-order valence-electron chi connectivity index (χ3n) is 2.79. The molecule has 1 rings (SSSR count). The van der Waals surface area contributed by atoms with Gasteiger partial charge in [0.05, 0.1) is 13.5 Å². The molecular weight excluding hydrogens is 262 g/mol. The quantitative estimate of drug-likeness (QED) is 0.687. The van der Waals surface area contributed by atoms with Gasteiger partial charge < -0.3 is 19.9 Å². The molecular formula is C14H19NO5. The molecule has 0 saturated carbocycles. The Labute approximate surface area is 117 Å². The number of esters is 1. The molecule has 0 aliphatic rings. The van der Waals surface area contributed by atoms with Gasteiger partial charge in [0.1, 0.15) is 18.4 Å². The number of methoxy groups -OCH3 is 1. The first kappa shape index (κ1) is 16.0. The van der Waals surface area contributed by atoms with Gasteiger partial charge in [0.2, 0.25) is 0 Å². The van der Waals surface area contributed by atoms with Gasteiger partial charge in [-0.2, -0.15) is 0 Å². The fourth-order valence-electron chi connectivity index (χ4n) is 1.64. The minimum atomic E-state index is -0.992. The number of carboxylic acids is 1. The van der Waals surface area contributed by atoms with Gasteiger partial charge in [-0.15, -0.1) is 0 Å². The number of aliphatic carboxylic acids is 1. The smallest absolute Gasteiger partial charge is 0.323 e. The SMILES string of the molecule is CNC(Cc1ccc(OC)cc1)C(=O)OCCC(=O)O. The van der Waals surface area contributed by atoms with Crippen LogP contribution in [0, 0.1) is 0 Å². The van der Waals surface area contributed by atoms with Crippen LogP contribution in [0.4, 0.5) is 0 Å². The summed E-state index contributed by atoms with van der Waals surface area (Å²) in [4.78, 5) is 22.1. The number of hydrogen-bond acceptors (Lipinski definition) is 5. The van der Waals surface area contributed by atoms with Crippen molar-refractivity contribution >= 4 is 11.9 Å². The number of benzene rings is 1. The van der Waals surface area contributed by atoms with Crippen molar-refractivity contribution in [1.29, 1.82) is 0 Å². The molecule has 2 N–H and O–H groups in total. The van der Waals surface area contributed by atoms with Crippen molar-refractivity contribution in [2.24, 2.45) is 0 Å². The molecule has 1 unspecified atom stereocenters. The van der Waals surface area contributed by atoms with Crippen LogP contribution in [0.2, 0.25) is 0 Å². The summed E-state index contributed by atoms with van der Waals surface area (Å²) >= 11 is 0. The normalized spacial score (nSPS) is 11.7. The fraction of sp³-hybridized carbons (Fsp3) is 0.429. The molecule has 1 aromatic rings. The Morgan fingerprint density at radius 3 is 2.45 bits per heavy atom. The molecule has 6 nitrogen and oxygen atoms in total. The maximum absolute atomic E-state index is 11.8. The maximum Gasteiger partial charge on any atom is 0.323 e. The van der Waals surface area contributed by atoms with E-state index in [-0.39, 0.29) is 13.0 Å². The number of ether oxygens (including phenoxy) is 2. The third kappa shape index (κ3) is 5.27. The van der Waals surface area contributed by atoms with E-state index in [1.807, 2.05) is 24.3 Å². The van der Waals surface area contributed by atoms with Gasteiger partial charge in [-0.25, -0.2) is 0 Å². The Hall–Kier alpha value is -2.08. The van der Waals surface area contributed by atoms with Crippen LogP contribution in [0.3, 0.4) is 0 Å². The molecule has 0 bridgehead atoms. The first-order valence-electron chi connectivity index (χ1n) is 6.25. The highest BCUT2D eigenvalue weighted by molar-refractivity contribution is 5.76. The zero-order valence-corrected chi connectivity index (χ0v) is 11.6. The Balaban J connectivity index is 2.52. The van der Waals surface area contributed by atoms with E-state index in [9.17, 15) is 9.59 Å². The van der Waals surface area contributed by atoms with Crippen molar-refractivity contribution in [3.63, 3.8) is 0 Å². The second-order valence-electron chi connectivity index (χ2n) is 4.20. The average molecular weight is 281 g/mol. The Bertz CT molecular complexity index is 443. The topological polar surface area (TPSA) is 84.9 Å². The molecule has 0 aromatic heterocycles. The van der Waals surface area contributed by atoms with E-state index in [0.717, 1.165) is 11.3 Å². The van der Waals surface area contributed by atoms with Gasteiger partial charge in [0.15, 0.2) is 0 Å². The summed E-state index contributed by atoms with van der Waals surface area (Å²) in [6.07, 6.45) is 0.275. The Morgan fingerprint density at radius 1 is 1.30 bits per heavy atom. The summed E-state index contributed by atoms with van der Waals surface area (Å²) in [5, 5.41) is 11.4. The predicted molar refractivity (Wildman–Crippen MR) is 72.8 cm³/mol. The summed E-state index contributed by atoms with van der Waals surface area (Å²) in [5.74, 6) is -0.697. The molecule has 0 saturated heterocycles. The number of carbonyl (C=O) groups excluding carboxylic acids is 1. The molecule has 110 valence electrons. The molecule has 1 atom stereocenters. The largest absolute Gasteiger partial charge is 0.497 e. The van der Waals surface area contributed by atoms with Crippen LogP contribution in [0.1, 0.15) is 12.0 Å². The standard InChI is InChI=1S/C14H19NO5/c1-15-12(14(18)20-8-7-13(16)17)9-10-3-5-11(19-2)6-4-10/h3-6,12,15H,7-9H2,1-2H3,(H,16,17). The van der Waals surface area contributed by atoms with Gasteiger partial charge in [0.25, 0.3) is 0 Å². The second-order valence-corrected chi connectivity index (χ2v) is 4.20. The van der Waals surface area contributed by atoms with Crippen LogP contribution in [-0.2, 0) is 20.7 Å². The minimum absolute atomic E-state index is 0.116. The van der Waals surface area contributed by atoms with Gasteiger partial charge in [-0.1, -0.05) is 12.1 Å². The van der Waals surface area contributed by atoms with E-state index in [4.69, 9.17) is 14.6 Å². The van der Waals surface area contributed by atoms with E-state index in [0.29, 0.717) is 6.42 Å². The van der Waals surface area contributed by atoms with Crippen LogP contribution in [-0.4, -0.2) is 43.9 Å². The zero-order valence-electron chi connectivity index (χ0n) is 11.6. The van der Waals surface area contributed by atoms with Crippen molar-refractivity contribution in [2.45, 2.75) is 18.9 Å². The molecule has 0 aliphatic carbocycles. The molecule has 20 heavy (non-hydrogen) atoms. The second kappa shape index (κ2) is 8.16. The van der Waals surface area contributed by atoms with Crippen molar-refractivity contribution < 1.29 is 24.2 Å². The van der Waals surface area contributed by atoms with Crippen molar-refractivity contribution in [3.8, 4) is 5.75 Å². The van der Waals surface area contributed by atoms with E-state index >= 15 is 0 Å². The first-order valence-corrected chi connectivity index (χ1v) is 6.25. The minimum Gasteiger partial charge on any atom is -0.497 e. The summed E-state index contributed by atoms with van der Waals surface area (Å²) in [6, 6.07) is 6.87. The van der Waals surface area contributed by atoms with Gasteiger partial charge in [-0.05, 0) is 31.2 Å². The molecule has 0 aliphatic heterocycles. The van der Waals surface area contributed by atoms with Crippen LogP contribution < -0.4 is 10.1 Å². The lowest BCUT2D eigenvalue weighted by molar-refractivity contribution is -0.148. The van der Waals surface area contributed by atoms with Gasteiger partial charge in [0, 0.05) is 0 Å². The van der Waals surface area contributed by atoms with Crippen molar-refractivity contribution in [2.75, 3.05) is 20.8 Å². The predicted octanol–water partition coefficient (Wildman–Crippen LogP) is 0.844. The van der Waals surface area contributed by atoms with E-state index in [1.54, 1.807) is 14.2 Å². The number of carboxylic acid groups (broad SMARTS) is 1. The van der Waals surface area contributed by atoms with Gasteiger partial charge >= 0.3 is 11.9 Å². The number of likely N-dealkylation sites (N-methyl/N-ethyl adjacent to an activating group) is 1. The van der Waals surface area contributed by atoms with E-state index in [1.165, 1.54) is 0 Å².